The number of carbonyl (C=O) groups excluding carboxylic acids is 2. The molecule has 1 unspecified atom stereocenters. The first-order valence-corrected chi connectivity index (χ1v) is 6.44. The van der Waals surface area contributed by atoms with Gasteiger partial charge in [-0.15, -0.1) is 0 Å². The fraction of sp³-hybridized carbons (Fsp3) is 0.571. The van der Waals surface area contributed by atoms with Gasteiger partial charge in [0.05, 0.1) is 11.4 Å². The van der Waals surface area contributed by atoms with Crippen LogP contribution in [0.3, 0.4) is 0 Å². The SMILES string of the molecule is CC(O)C(=O)c1cc(NCC(=O)OC(C)(C)C)cn1C. The molecule has 0 aliphatic carbocycles. The first kappa shape index (κ1) is 16.2. The molecule has 1 aromatic heterocycles. The summed E-state index contributed by atoms with van der Waals surface area (Å²) in [6, 6.07) is 1.60. The van der Waals surface area contributed by atoms with Crippen LogP contribution >= 0.6 is 0 Å². The number of hydrogen-bond acceptors (Lipinski definition) is 5. The molecule has 0 aliphatic rings. The zero-order valence-electron chi connectivity index (χ0n) is 12.6. The normalized spacial score (nSPS) is 12.9. The van der Waals surface area contributed by atoms with E-state index in [-0.39, 0.29) is 18.3 Å². The van der Waals surface area contributed by atoms with Crippen molar-refractivity contribution in [2.75, 3.05) is 11.9 Å². The van der Waals surface area contributed by atoms with Crippen LogP contribution in [-0.2, 0) is 16.6 Å². The zero-order valence-corrected chi connectivity index (χ0v) is 12.6. The van der Waals surface area contributed by atoms with Crippen LogP contribution in [0, 0.1) is 0 Å². The van der Waals surface area contributed by atoms with Gasteiger partial charge >= 0.3 is 5.97 Å². The first-order valence-electron chi connectivity index (χ1n) is 6.44. The maximum absolute atomic E-state index is 11.7. The molecule has 6 heteroatoms. The summed E-state index contributed by atoms with van der Waals surface area (Å²) in [5.41, 5.74) is 0.483. The number of aliphatic hydroxyl groups is 1. The molecule has 1 rings (SSSR count). The Bertz CT molecular complexity index is 498. The lowest BCUT2D eigenvalue weighted by Crippen LogP contribution is -2.28. The number of esters is 1. The Balaban J connectivity index is 2.65. The summed E-state index contributed by atoms with van der Waals surface area (Å²) < 4.78 is 6.77. The maximum atomic E-state index is 11.7. The summed E-state index contributed by atoms with van der Waals surface area (Å²) >= 11 is 0. The molecule has 6 nitrogen and oxygen atoms in total. The highest BCUT2D eigenvalue weighted by Crippen LogP contribution is 2.15. The lowest BCUT2D eigenvalue weighted by Gasteiger charge is -2.19. The van der Waals surface area contributed by atoms with Gasteiger partial charge in [-0.3, -0.25) is 9.59 Å². The highest BCUT2D eigenvalue weighted by Gasteiger charge is 2.18. The van der Waals surface area contributed by atoms with Crippen LogP contribution in [0.4, 0.5) is 5.69 Å². The van der Waals surface area contributed by atoms with E-state index in [9.17, 15) is 14.7 Å². The molecule has 0 radical (unpaired) electrons. The number of anilines is 1. The van der Waals surface area contributed by atoms with Crippen LogP contribution in [-0.4, -0.2) is 39.7 Å². The molecule has 0 saturated carbocycles. The molecular weight excluding hydrogens is 260 g/mol. The van der Waals surface area contributed by atoms with E-state index in [4.69, 9.17) is 4.74 Å². The van der Waals surface area contributed by atoms with E-state index < -0.39 is 11.7 Å². The van der Waals surface area contributed by atoms with Crippen molar-refractivity contribution in [3.05, 3.63) is 18.0 Å². The van der Waals surface area contributed by atoms with Crippen LogP contribution in [0.15, 0.2) is 12.3 Å². The topological polar surface area (TPSA) is 80.6 Å². The summed E-state index contributed by atoms with van der Waals surface area (Å²) in [7, 11) is 1.70. The van der Waals surface area contributed by atoms with Gasteiger partial charge in [-0.2, -0.15) is 0 Å². The van der Waals surface area contributed by atoms with Gasteiger partial charge in [-0.05, 0) is 33.8 Å². The minimum Gasteiger partial charge on any atom is -0.459 e. The molecule has 0 saturated heterocycles. The number of aromatic nitrogens is 1. The molecule has 1 heterocycles. The molecule has 0 aliphatic heterocycles. The average molecular weight is 282 g/mol. The third-order valence-corrected chi connectivity index (χ3v) is 2.49. The van der Waals surface area contributed by atoms with Gasteiger partial charge in [-0.25, -0.2) is 0 Å². The number of rotatable bonds is 5. The van der Waals surface area contributed by atoms with Crippen LogP contribution in [0.25, 0.3) is 0 Å². The first-order chi connectivity index (χ1) is 9.10. The third kappa shape index (κ3) is 4.70. The molecule has 0 spiro atoms. The Morgan fingerprint density at radius 3 is 2.55 bits per heavy atom. The van der Waals surface area contributed by atoms with E-state index in [1.54, 1.807) is 44.6 Å². The van der Waals surface area contributed by atoms with E-state index >= 15 is 0 Å². The Hall–Kier alpha value is -1.82. The van der Waals surface area contributed by atoms with Gasteiger partial charge in [0.1, 0.15) is 18.2 Å². The number of ether oxygens (including phenoxy) is 1. The van der Waals surface area contributed by atoms with Crippen molar-refractivity contribution >= 4 is 17.4 Å². The smallest absolute Gasteiger partial charge is 0.325 e. The van der Waals surface area contributed by atoms with Gasteiger partial charge in [0.2, 0.25) is 5.78 Å². The summed E-state index contributed by atoms with van der Waals surface area (Å²) in [6.45, 7) is 6.83. The lowest BCUT2D eigenvalue weighted by molar-refractivity contribution is -0.152. The fourth-order valence-corrected chi connectivity index (χ4v) is 1.67. The summed E-state index contributed by atoms with van der Waals surface area (Å²) in [4.78, 5) is 23.3. The van der Waals surface area contributed by atoms with Crippen molar-refractivity contribution in [3.63, 3.8) is 0 Å². The lowest BCUT2D eigenvalue weighted by atomic mass is 10.2. The van der Waals surface area contributed by atoms with Crippen LogP contribution in [0.5, 0.6) is 0 Å². The molecule has 0 amide bonds. The molecule has 112 valence electrons. The van der Waals surface area contributed by atoms with Gasteiger partial charge in [0.15, 0.2) is 0 Å². The van der Waals surface area contributed by atoms with Crippen molar-refractivity contribution in [2.24, 2.45) is 7.05 Å². The second-order valence-electron chi connectivity index (χ2n) is 5.71. The van der Waals surface area contributed by atoms with Crippen molar-refractivity contribution in [1.82, 2.24) is 4.57 Å². The fourth-order valence-electron chi connectivity index (χ4n) is 1.67. The van der Waals surface area contributed by atoms with E-state index in [1.165, 1.54) is 6.92 Å². The Labute approximate surface area is 118 Å². The predicted octanol–water partition coefficient (Wildman–Crippen LogP) is 1.34. The monoisotopic (exact) mass is 282 g/mol. The Kier molecular flexibility index (Phi) is 4.94. The summed E-state index contributed by atoms with van der Waals surface area (Å²) in [5, 5.41) is 12.2. The number of ketones is 1. The number of nitrogens with zero attached hydrogens (tertiary/aromatic N) is 1. The van der Waals surface area contributed by atoms with Crippen molar-refractivity contribution < 1.29 is 19.4 Å². The largest absolute Gasteiger partial charge is 0.459 e. The van der Waals surface area contributed by atoms with E-state index in [0.717, 1.165) is 0 Å². The molecule has 0 aromatic carbocycles. The summed E-state index contributed by atoms with van der Waals surface area (Å²) in [5.74, 6) is -0.734. The van der Waals surface area contributed by atoms with Gasteiger partial charge in [0.25, 0.3) is 0 Å². The van der Waals surface area contributed by atoms with Crippen molar-refractivity contribution in [3.8, 4) is 0 Å². The van der Waals surface area contributed by atoms with Gasteiger partial charge in [-0.1, -0.05) is 0 Å². The number of nitrogens with one attached hydrogen (secondary N) is 1. The van der Waals surface area contributed by atoms with Crippen LogP contribution in [0.1, 0.15) is 38.2 Å². The minimum atomic E-state index is -1.05. The quantitative estimate of drug-likeness (QED) is 0.629. The number of aliphatic hydroxyl groups excluding tert-OH is 1. The third-order valence-electron chi connectivity index (χ3n) is 2.49. The zero-order chi connectivity index (χ0) is 15.5. The molecule has 0 bridgehead atoms. The van der Waals surface area contributed by atoms with Crippen molar-refractivity contribution in [1.29, 1.82) is 0 Å². The number of Topliss-reactive ketones (excluding diaryl/α,β-unsaturated/α-hetero) is 1. The van der Waals surface area contributed by atoms with E-state index in [2.05, 4.69) is 5.32 Å². The highest BCUT2D eigenvalue weighted by molar-refractivity contribution is 5.98. The Morgan fingerprint density at radius 1 is 1.45 bits per heavy atom. The average Bonchev–Trinajstić information content (AvgIpc) is 2.64. The number of carbonyl (C=O) groups is 2. The van der Waals surface area contributed by atoms with Gasteiger partial charge < -0.3 is 19.7 Å². The molecule has 1 aromatic rings. The predicted molar refractivity (Wildman–Crippen MR) is 75.8 cm³/mol. The second-order valence-corrected chi connectivity index (χ2v) is 5.71. The second kappa shape index (κ2) is 6.09. The van der Waals surface area contributed by atoms with Crippen LogP contribution in [0.2, 0.25) is 0 Å². The van der Waals surface area contributed by atoms with Gasteiger partial charge in [0, 0.05) is 13.2 Å². The standard InChI is InChI=1S/C14H22N2O4/c1-9(17)13(19)11-6-10(8-16(11)5)15-7-12(18)20-14(2,3)4/h6,8-9,15,17H,7H2,1-5H3. The molecular formula is C14H22N2O4. The van der Waals surface area contributed by atoms with Crippen LogP contribution < -0.4 is 5.32 Å². The maximum Gasteiger partial charge on any atom is 0.325 e. The number of hydrogen-bond donors (Lipinski definition) is 2. The Morgan fingerprint density at radius 2 is 2.05 bits per heavy atom. The van der Waals surface area contributed by atoms with Crippen molar-refractivity contribution in [2.45, 2.75) is 39.4 Å². The van der Waals surface area contributed by atoms with E-state index in [0.29, 0.717) is 11.4 Å². The molecule has 20 heavy (non-hydrogen) atoms. The molecule has 0 fully saturated rings. The highest BCUT2D eigenvalue weighted by atomic mass is 16.6. The van der Waals surface area contributed by atoms with E-state index in [1.807, 2.05) is 0 Å². The molecule has 1 atom stereocenters. The summed E-state index contributed by atoms with van der Waals surface area (Å²) in [6.07, 6.45) is 0.627. The minimum absolute atomic E-state index is 0.0175. The molecule has 2 N–H and O–H groups in total. The number of aryl methyl sites for hydroxylation is 1.